The Morgan fingerprint density at radius 3 is 2.59 bits per heavy atom. The van der Waals surface area contributed by atoms with Gasteiger partial charge in [-0.1, -0.05) is 23.7 Å². The van der Waals surface area contributed by atoms with E-state index in [9.17, 15) is 14.7 Å². The van der Waals surface area contributed by atoms with E-state index in [1.807, 2.05) is 13.8 Å². The molecule has 7 nitrogen and oxygen atoms in total. The quantitative estimate of drug-likeness (QED) is 0.320. The summed E-state index contributed by atoms with van der Waals surface area (Å²) in [7, 11) is 1.58. The molecule has 8 heteroatoms. The van der Waals surface area contributed by atoms with Crippen molar-refractivity contribution in [3.8, 4) is 5.75 Å². The molecule has 0 saturated carbocycles. The van der Waals surface area contributed by atoms with Crippen molar-refractivity contribution in [1.29, 1.82) is 0 Å². The number of carbonyl (C=O) groups is 2. The number of benzene rings is 2. The van der Waals surface area contributed by atoms with Crippen LogP contribution in [0.25, 0.3) is 11.0 Å². The largest absolute Gasteiger partial charge is 0.503 e. The van der Waals surface area contributed by atoms with Crippen molar-refractivity contribution in [2.24, 2.45) is 0 Å². The molecule has 0 bridgehead atoms. The third kappa shape index (κ3) is 4.67. The lowest BCUT2D eigenvalue weighted by Gasteiger charge is -2.26. The van der Waals surface area contributed by atoms with Crippen molar-refractivity contribution in [3.05, 3.63) is 76.2 Å². The van der Waals surface area contributed by atoms with E-state index in [-0.39, 0.29) is 17.4 Å². The first-order chi connectivity index (χ1) is 16.3. The molecule has 3 aromatic rings. The van der Waals surface area contributed by atoms with Crippen LogP contribution < -0.4 is 4.74 Å². The molecule has 0 aliphatic carbocycles. The van der Waals surface area contributed by atoms with Crippen LogP contribution in [0.5, 0.6) is 5.75 Å². The molecule has 0 fully saturated rings. The summed E-state index contributed by atoms with van der Waals surface area (Å²) < 4.78 is 16.6. The van der Waals surface area contributed by atoms with Gasteiger partial charge in [-0.25, -0.2) is 0 Å². The van der Waals surface area contributed by atoms with E-state index >= 15 is 0 Å². The highest BCUT2D eigenvalue weighted by Crippen LogP contribution is 2.40. The molecular formula is C26H26ClNO6. The van der Waals surface area contributed by atoms with Crippen molar-refractivity contribution in [2.45, 2.75) is 32.4 Å². The molecule has 1 aromatic heterocycles. The first kappa shape index (κ1) is 23.9. The number of furan rings is 1. The summed E-state index contributed by atoms with van der Waals surface area (Å²) in [6.45, 7) is 4.60. The highest BCUT2D eigenvalue weighted by Gasteiger charge is 2.44. The Kier molecular flexibility index (Phi) is 6.95. The standard InChI is InChI=1S/C26H26ClNO6/c1-15(2)33-19-8-5-16(6-9-19)23-22(25(30)26(31)28(23)11-4-12-32-3)24(29)21-14-17-13-18(27)7-10-20(17)34-21/h5-10,13-15,23,30H,4,11-12H2,1-3H3. The van der Waals surface area contributed by atoms with Crippen LogP contribution in [-0.4, -0.2) is 48.1 Å². The monoisotopic (exact) mass is 483 g/mol. The minimum Gasteiger partial charge on any atom is -0.503 e. The van der Waals surface area contributed by atoms with Gasteiger partial charge in [0.2, 0.25) is 5.78 Å². The van der Waals surface area contributed by atoms with Crippen LogP contribution in [0.15, 0.2) is 64.3 Å². The van der Waals surface area contributed by atoms with E-state index in [4.69, 9.17) is 25.5 Å². The van der Waals surface area contributed by atoms with Gasteiger partial charge >= 0.3 is 0 Å². The van der Waals surface area contributed by atoms with Crippen LogP contribution in [0.4, 0.5) is 0 Å². The molecule has 178 valence electrons. The third-order valence-corrected chi connectivity index (χ3v) is 5.80. The smallest absolute Gasteiger partial charge is 0.290 e. The minimum atomic E-state index is -0.776. The van der Waals surface area contributed by atoms with E-state index in [1.54, 1.807) is 55.6 Å². The normalized spacial score (nSPS) is 16.2. The molecule has 1 aliphatic heterocycles. The Hall–Kier alpha value is -3.29. The molecular weight excluding hydrogens is 458 g/mol. The molecule has 34 heavy (non-hydrogen) atoms. The number of halogens is 1. The van der Waals surface area contributed by atoms with Crippen LogP contribution in [0.1, 0.15) is 42.4 Å². The Morgan fingerprint density at radius 1 is 1.18 bits per heavy atom. The highest BCUT2D eigenvalue weighted by atomic mass is 35.5. The fourth-order valence-electron chi connectivity index (χ4n) is 4.10. The molecule has 2 aromatic carbocycles. The summed E-state index contributed by atoms with van der Waals surface area (Å²) in [4.78, 5) is 28.1. The summed E-state index contributed by atoms with van der Waals surface area (Å²) in [5.41, 5.74) is 1.14. The number of hydrogen-bond acceptors (Lipinski definition) is 6. The van der Waals surface area contributed by atoms with Crippen LogP contribution in [0.3, 0.4) is 0 Å². The van der Waals surface area contributed by atoms with Crippen molar-refractivity contribution in [3.63, 3.8) is 0 Å². The van der Waals surface area contributed by atoms with Gasteiger partial charge < -0.3 is 23.9 Å². The Morgan fingerprint density at radius 2 is 1.91 bits per heavy atom. The van der Waals surface area contributed by atoms with Crippen LogP contribution in [-0.2, 0) is 9.53 Å². The molecule has 0 spiro atoms. The molecule has 2 heterocycles. The fraction of sp³-hybridized carbons (Fsp3) is 0.308. The molecule has 1 N–H and O–H groups in total. The fourth-order valence-corrected chi connectivity index (χ4v) is 4.28. The lowest BCUT2D eigenvalue weighted by molar-refractivity contribution is -0.129. The van der Waals surface area contributed by atoms with Crippen molar-refractivity contribution in [1.82, 2.24) is 4.90 Å². The maximum atomic E-state index is 13.6. The van der Waals surface area contributed by atoms with Crippen molar-refractivity contribution >= 4 is 34.3 Å². The summed E-state index contributed by atoms with van der Waals surface area (Å²) in [6, 6.07) is 13.0. The first-order valence-corrected chi connectivity index (χ1v) is 11.4. The van der Waals surface area contributed by atoms with Gasteiger partial charge in [-0.3, -0.25) is 9.59 Å². The number of amides is 1. The number of ether oxygens (including phenoxy) is 2. The SMILES string of the molecule is COCCCN1C(=O)C(O)=C(C(=O)c2cc3cc(Cl)ccc3o2)C1c1ccc(OC(C)C)cc1. The van der Waals surface area contributed by atoms with Crippen molar-refractivity contribution < 1.29 is 28.6 Å². The van der Waals surface area contributed by atoms with E-state index in [1.165, 1.54) is 4.90 Å². The first-order valence-electron chi connectivity index (χ1n) is 11.0. The molecule has 1 amide bonds. The second-order valence-electron chi connectivity index (χ2n) is 8.37. The maximum absolute atomic E-state index is 13.6. The number of aliphatic hydroxyl groups excluding tert-OH is 1. The highest BCUT2D eigenvalue weighted by molar-refractivity contribution is 6.31. The van der Waals surface area contributed by atoms with Crippen LogP contribution >= 0.6 is 11.6 Å². The van der Waals surface area contributed by atoms with E-state index in [0.717, 1.165) is 0 Å². The lowest BCUT2D eigenvalue weighted by atomic mass is 9.95. The second kappa shape index (κ2) is 9.91. The van der Waals surface area contributed by atoms with Gasteiger partial charge in [-0.05, 0) is 62.2 Å². The molecule has 0 saturated heterocycles. The zero-order chi connectivity index (χ0) is 24.4. The maximum Gasteiger partial charge on any atom is 0.290 e. The average molecular weight is 484 g/mol. The molecule has 0 radical (unpaired) electrons. The van der Waals surface area contributed by atoms with Gasteiger partial charge in [0.05, 0.1) is 17.7 Å². The predicted octanol–water partition coefficient (Wildman–Crippen LogP) is 5.49. The van der Waals surface area contributed by atoms with E-state index < -0.39 is 23.5 Å². The van der Waals surface area contributed by atoms with E-state index in [0.29, 0.717) is 46.9 Å². The number of nitrogens with zero attached hydrogens (tertiary/aromatic N) is 1. The zero-order valence-electron chi connectivity index (χ0n) is 19.2. The molecule has 4 rings (SSSR count). The Bertz CT molecular complexity index is 1240. The minimum absolute atomic E-state index is 0.00659. The number of Topliss-reactive ketones (excluding diaryl/α,β-unsaturated/α-hetero) is 1. The molecule has 1 atom stereocenters. The Labute approximate surface area is 202 Å². The van der Waals surface area contributed by atoms with Crippen LogP contribution in [0, 0.1) is 0 Å². The van der Waals surface area contributed by atoms with Gasteiger partial charge in [-0.15, -0.1) is 0 Å². The average Bonchev–Trinajstić information content (AvgIpc) is 3.33. The topological polar surface area (TPSA) is 89.2 Å². The van der Waals surface area contributed by atoms with Gasteiger partial charge in [0, 0.05) is 30.7 Å². The number of rotatable bonds is 9. The zero-order valence-corrected chi connectivity index (χ0v) is 20.0. The van der Waals surface area contributed by atoms with E-state index in [2.05, 4.69) is 0 Å². The van der Waals surface area contributed by atoms with Gasteiger partial charge in [0.15, 0.2) is 11.5 Å². The summed E-state index contributed by atoms with van der Waals surface area (Å²) in [5, 5.41) is 12.0. The number of fused-ring (bicyclic) bond motifs is 1. The molecule has 1 unspecified atom stereocenters. The summed E-state index contributed by atoms with van der Waals surface area (Å²) >= 11 is 6.06. The Balaban J connectivity index is 1.73. The third-order valence-electron chi connectivity index (χ3n) is 5.57. The van der Waals surface area contributed by atoms with Gasteiger partial charge in [-0.2, -0.15) is 0 Å². The van der Waals surface area contributed by atoms with Crippen LogP contribution in [0.2, 0.25) is 5.02 Å². The lowest BCUT2D eigenvalue weighted by Crippen LogP contribution is -2.32. The van der Waals surface area contributed by atoms with Gasteiger partial charge in [0.1, 0.15) is 11.3 Å². The van der Waals surface area contributed by atoms with Crippen molar-refractivity contribution in [2.75, 3.05) is 20.3 Å². The summed E-state index contributed by atoms with van der Waals surface area (Å²) in [6.07, 6.45) is 0.553. The number of methoxy groups -OCH3 is 1. The summed E-state index contributed by atoms with van der Waals surface area (Å²) in [5.74, 6) is -1.04. The molecule has 1 aliphatic rings. The number of hydrogen-bond donors (Lipinski definition) is 1. The number of ketones is 1. The number of aliphatic hydroxyl groups is 1. The predicted molar refractivity (Wildman–Crippen MR) is 128 cm³/mol. The second-order valence-corrected chi connectivity index (χ2v) is 8.80. The number of carbonyl (C=O) groups excluding carboxylic acids is 2. The van der Waals surface area contributed by atoms with Gasteiger partial charge in [0.25, 0.3) is 5.91 Å².